The Balaban J connectivity index is 0.872. The van der Waals surface area contributed by atoms with Gasteiger partial charge in [-0.15, -0.1) is 10.2 Å². The number of hydrogen-bond acceptors (Lipinski definition) is 18. The summed E-state index contributed by atoms with van der Waals surface area (Å²) in [7, 11) is 0. The van der Waals surface area contributed by atoms with Gasteiger partial charge in [0.1, 0.15) is 17.7 Å². The van der Waals surface area contributed by atoms with Crippen molar-refractivity contribution in [3.8, 4) is 0 Å². The predicted molar refractivity (Wildman–Crippen MR) is 213 cm³/mol. The van der Waals surface area contributed by atoms with Crippen LogP contribution < -0.4 is 21.3 Å². The summed E-state index contributed by atoms with van der Waals surface area (Å²) in [6.45, 7) is 7.34. The number of aliphatic hydroxyl groups is 2. The standard InChI is InChI=1S/C36H51N19O3/c1-2-55-51-32(50-52-55)28-26(56)27(57)34(58-28)54-20-43-25-31(48-36(49-33(25)54)39-13-11-23-17-37-18-40-23)45-22-9-7-21(8-10-22)44-30-24-29(42-19-41-24)46-35(47-30)38-12-3-4-14-53-15-5-6-16-53/h17-22,26-28,34,56-57H,2-16H2,1H3,(H,37,40)(H2,39,45,48,49)(H3,38,41,42,44,46,47)/t21?,22?,26-,27+,28-,34+/m0/s1. The highest BCUT2D eigenvalue weighted by atomic mass is 16.6. The summed E-state index contributed by atoms with van der Waals surface area (Å²) in [6.07, 6.45) is 11.1. The summed E-state index contributed by atoms with van der Waals surface area (Å²) in [5.41, 5.74) is 3.36. The Morgan fingerprint density at radius 2 is 1.64 bits per heavy atom. The van der Waals surface area contributed by atoms with E-state index in [1.54, 1.807) is 29.7 Å². The second kappa shape index (κ2) is 17.1. The molecule has 1 saturated carbocycles. The third-order valence-corrected chi connectivity index (χ3v) is 11.2. The van der Waals surface area contributed by atoms with Crippen molar-refractivity contribution >= 4 is 45.9 Å². The smallest absolute Gasteiger partial charge is 0.226 e. The molecule has 8 heterocycles. The molecule has 0 aromatic carbocycles. The molecule has 0 bridgehead atoms. The third-order valence-electron chi connectivity index (χ3n) is 11.2. The zero-order valence-electron chi connectivity index (χ0n) is 32.5. The lowest BCUT2D eigenvalue weighted by atomic mass is 9.91. The average molecular weight is 798 g/mol. The molecule has 58 heavy (non-hydrogen) atoms. The summed E-state index contributed by atoms with van der Waals surface area (Å²) in [5.74, 6) is 2.47. The maximum atomic E-state index is 11.2. The fourth-order valence-electron chi connectivity index (χ4n) is 8.07. The Kier molecular flexibility index (Phi) is 11.2. The lowest BCUT2D eigenvalue weighted by Crippen LogP contribution is -2.33. The molecule has 22 heteroatoms. The number of ether oxygens (including phenoxy) is 1. The van der Waals surface area contributed by atoms with E-state index in [0.29, 0.717) is 54.0 Å². The number of anilines is 4. The van der Waals surface area contributed by atoms with Crippen LogP contribution in [0.25, 0.3) is 22.3 Å². The first-order chi connectivity index (χ1) is 28.5. The van der Waals surface area contributed by atoms with Gasteiger partial charge >= 0.3 is 0 Å². The van der Waals surface area contributed by atoms with E-state index in [9.17, 15) is 10.2 Å². The van der Waals surface area contributed by atoms with Gasteiger partial charge in [0.25, 0.3) is 0 Å². The van der Waals surface area contributed by atoms with Crippen LogP contribution in [0.2, 0.25) is 0 Å². The number of H-pyrrole nitrogens is 2. The maximum absolute atomic E-state index is 11.2. The number of aryl methyl sites for hydroxylation is 1. The van der Waals surface area contributed by atoms with E-state index < -0.39 is 24.5 Å². The van der Waals surface area contributed by atoms with Gasteiger partial charge in [0, 0.05) is 43.5 Å². The van der Waals surface area contributed by atoms with Crippen molar-refractivity contribution in [3.05, 3.63) is 36.7 Å². The molecule has 0 radical (unpaired) electrons. The average Bonchev–Trinajstić information content (AvgIpc) is 4.10. The van der Waals surface area contributed by atoms with Crippen LogP contribution in [-0.2, 0) is 17.7 Å². The van der Waals surface area contributed by atoms with E-state index in [1.807, 2.05) is 6.92 Å². The molecule has 6 aromatic rings. The third kappa shape index (κ3) is 8.22. The number of rotatable bonds is 17. The molecule has 4 atom stereocenters. The number of hydrogen-bond donors (Lipinski definition) is 8. The summed E-state index contributed by atoms with van der Waals surface area (Å²) < 4.78 is 7.80. The van der Waals surface area contributed by atoms with Crippen LogP contribution in [0.4, 0.5) is 23.5 Å². The van der Waals surface area contributed by atoms with Gasteiger partial charge in [-0.2, -0.15) is 24.7 Å². The highest BCUT2D eigenvalue weighted by Gasteiger charge is 2.47. The highest BCUT2D eigenvalue weighted by Crippen LogP contribution is 2.39. The number of aromatic nitrogens is 14. The van der Waals surface area contributed by atoms with Gasteiger partial charge in [-0.05, 0) is 83.1 Å². The second-order valence-corrected chi connectivity index (χ2v) is 15.3. The minimum Gasteiger partial charge on any atom is -0.387 e. The molecule has 308 valence electrons. The lowest BCUT2D eigenvalue weighted by molar-refractivity contribution is -0.0384. The minimum absolute atomic E-state index is 0.112. The molecule has 6 aromatic heterocycles. The fraction of sp³-hybridized carbons (Fsp3) is 0.611. The van der Waals surface area contributed by atoms with Crippen LogP contribution >= 0.6 is 0 Å². The van der Waals surface area contributed by atoms with Crippen molar-refractivity contribution < 1.29 is 14.9 Å². The van der Waals surface area contributed by atoms with Crippen LogP contribution in [0.5, 0.6) is 0 Å². The Morgan fingerprint density at radius 1 is 0.862 bits per heavy atom. The topological polar surface area (TPSA) is 271 Å². The number of tetrazole rings is 1. The van der Waals surface area contributed by atoms with Gasteiger partial charge in [0.2, 0.25) is 17.7 Å². The van der Waals surface area contributed by atoms with E-state index in [4.69, 9.17) is 19.7 Å². The van der Waals surface area contributed by atoms with Crippen LogP contribution in [0, 0.1) is 0 Å². The van der Waals surface area contributed by atoms with E-state index in [-0.39, 0.29) is 17.9 Å². The van der Waals surface area contributed by atoms with E-state index in [1.165, 1.54) is 30.7 Å². The van der Waals surface area contributed by atoms with Crippen molar-refractivity contribution in [2.75, 3.05) is 54.0 Å². The van der Waals surface area contributed by atoms with Crippen LogP contribution in [0.1, 0.15) is 82.1 Å². The zero-order chi connectivity index (χ0) is 39.4. The number of aliphatic hydroxyl groups excluding tert-OH is 2. The number of nitrogens with one attached hydrogen (secondary N) is 6. The zero-order valence-corrected chi connectivity index (χ0v) is 32.5. The van der Waals surface area contributed by atoms with Gasteiger partial charge in [-0.1, -0.05) is 0 Å². The molecule has 3 fully saturated rings. The quantitative estimate of drug-likeness (QED) is 0.0613. The van der Waals surface area contributed by atoms with E-state index in [2.05, 4.69) is 71.5 Å². The second-order valence-electron chi connectivity index (χ2n) is 15.3. The van der Waals surface area contributed by atoms with Gasteiger partial charge in [-0.3, -0.25) is 4.57 Å². The normalized spacial score (nSPS) is 23.9. The summed E-state index contributed by atoms with van der Waals surface area (Å²) in [5, 5.41) is 48.6. The number of imidazole rings is 3. The molecule has 0 spiro atoms. The Hall–Kier alpha value is -5.58. The van der Waals surface area contributed by atoms with Crippen LogP contribution in [0.3, 0.4) is 0 Å². The van der Waals surface area contributed by atoms with Crippen LogP contribution in [0.15, 0.2) is 25.2 Å². The number of unbranched alkanes of at least 4 members (excludes halogenated alkanes) is 1. The molecule has 3 aliphatic rings. The molecule has 8 N–H and O–H groups in total. The van der Waals surface area contributed by atoms with Crippen molar-refractivity contribution in [1.82, 2.24) is 74.5 Å². The number of nitrogens with zero attached hydrogens (tertiary/aromatic N) is 13. The first-order valence-electron chi connectivity index (χ1n) is 20.4. The molecule has 22 nitrogen and oxygen atoms in total. The summed E-state index contributed by atoms with van der Waals surface area (Å²) in [6, 6.07) is 0.312. The monoisotopic (exact) mass is 797 g/mol. The van der Waals surface area contributed by atoms with Gasteiger partial charge in [-0.25, -0.2) is 15.0 Å². The molecule has 1 aliphatic carbocycles. The van der Waals surface area contributed by atoms with Gasteiger partial charge < -0.3 is 51.1 Å². The molecular formula is C36H51N19O3. The number of likely N-dealkylation sites (tertiary alicyclic amines) is 1. The lowest BCUT2D eigenvalue weighted by Gasteiger charge is -2.30. The van der Waals surface area contributed by atoms with Gasteiger partial charge in [0.15, 0.2) is 40.8 Å². The largest absolute Gasteiger partial charge is 0.387 e. The highest BCUT2D eigenvalue weighted by molar-refractivity contribution is 5.85. The Bertz CT molecular complexity index is 2240. The minimum atomic E-state index is -1.31. The first-order valence-corrected chi connectivity index (χ1v) is 20.4. The predicted octanol–water partition coefficient (Wildman–Crippen LogP) is 1.99. The summed E-state index contributed by atoms with van der Waals surface area (Å²) in [4.78, 5) is 42.7. The number of aromatic amines is 2. The van der Waals surface area contributed by atoms with Crippen molar-refractivity contribution in [2.24, 2.45) is 0 Å². The molecule has 9 rings (SSSR count). The maximum Gasteiger partial charge on any atom is 0.226 e. The molecular weight excluding hydrogens is 747 g/mol. The van der Waals surface area contributed by atoms with E-state index in [0.717, 1.165) is 68.6 Å². The summed E-state index contributed by atoms with van der Waals surface area (Å²) >= 11 is 0. The SMILES string of the molecule is CCn1nnc([C@H]2O[C@@H](n3cnc4c(NC5CCC(Nc6nc(NCCCCN7CCCC7)nc7nc[nH]c67)CC5)nc(NCCc5cnc[nH]5)nc43)[C@H](O)[C@@H]2O)n1. The fourth-order valence-corrected chi connectivity index (χ4v) is 8.07. The molecule has 0 amide bonds. The molecule has 0 unspecified atom stereocenters. The Morgan fingerprint density at radius 3 is 2.41 bits per heavy atom. The van der Waals surface area contributed by atoms with Crippen molar-refractivity contribution in [1.29, 1.82) is 0 Å². The van der Waals surface area contributed by atoms with Crippen molar-refractivity contribution in [2.45, 2.75) is 108 Å². The van der Waals surface area contributed by atoms with E-state index >= 15 is 0 Å². The molecule has 2 saturated heterocycles. The Labute approximate surface area is 333 Å². The number of fused-ring (bicyclic) bond motifs is 2. The van der Waals surface area contributed by atoms with Crippen molar-refractivity contribution in [3.63, 3.8) is 0 Å². The van der Waals surface area contributed by atoms with Crippen LogP contribution in [-0.4, -0.2) is 142 Å². The first kappa shape index (κ1) is 38.0. The molecule has 2 aliphatic heterocycles. The van der Waals surface area contributed by atoms with Gasteiger partial charge in [0.05, 0.1) is 25.5 Å².